The van der Waals surface area contributed by atoms with Gasteiger partial charge in [-0.1, -0.05) is 12.1 Å². The van der Waals surface area contributed by atoms with E-state index in [-0.39, 0.29) is 12.1 Å². The largest absolute Gasteiger partial charge is 0.379 e. The van der Waals surface area contributed by atoms with Gasteiger partial charge >= 0.3 is 0 Å². The number of nitrogens with zero attached hydrogens (tertiary/aromatic N) is 4. The Morgan fingerprint density at radius 1 is 1.21 bits per heavy atom. The fraction of sp³-hybridized carbons (Fsp3) is 0.556. The Hall–Kier alpha value is -1.76. The fourth-order valence-electron chi connectivity index (χ4n) is 3.41. The first-order valence-corrected chi connectivity index (χ1v) is 8.49. The summed E-state index contributed by atoms with van der Waals surface area (Å²) in [5, 5.41) is 4.21. The Balaban J connectivity index is 1.75. The highest BCUT2D eigenvalue weighted by Gasteiger charge is 2.26. The summed E-state index contributed by atoms with van der Waals surface area (Å²) in [4.78, 5) is 6.46. The predicted molar refractivity (Wildman–Crippen MR) is 93.7 cm³/mol. The minimum atomic E-state index is 0.124. The lowest BCUT2D eigenvalue weighted by molar-refractivity contribution is 0.0140. The van der Waals surface area contributed by atoms with Crippen molar-refractivity contribution in [3.05, 3.63) is 47.0 Å². The van der Waals surface area contributed by atoms with Crippen molar-refractivity contribution in [2.45, 2.75) is 45.5 Å². The van der Waals surface area contributed by atoms with E-state index in [0.717, 1.165) is 32.6 Å². The monoisotopic (exact) mass is 329 g/mol. The van der Waals surface area contributed by atoms with E-state index < -0.39 is 0 Å². The second kappa shape index (κ2) is 7.42. The Kier molecular flexibility index (Phi) is 5.28. The van der Waals surface area contributed by atoms with Crippen LogP contribution in [0, 0.1) is 13.8 Å². The van der Waals surface area contributed by atoms with Crippen molar-refractivity contribution in [1.29, 1.82) is 0 Å². The molecule has 1 aromatic heterocycles. The van der Waals surface area contributed by atoms with E-state index in [4.69, 9.17) is 10.5 Å². The summed E-state index contributed by atoms with van der Waals surface area (Å²) in [6.45, 7) is 7.94. The van der Waals surface area contributed by atoms with Crippen molar-refractivity contribution in [2.24, 2.45) is 5.73 Å². The third-order valence-electron chi connectivity index (χ3n) is 4.98. The van der Waals surface area contributed by atoms with Crippen LogP contribution in [0.2, 0.25) is 0 Å². The first-order chi connectivity index (χ1) is 11.6. The summed E-state index contributed by atoms with van der Waals surface area (Å²) >= 11 is 0. The van der Waals surface area contributed by atoms with Crippen LogP contribution in [-0.2, 0) is 17.8 Å². The van der Waals surface area contributed by atoms with Gasteiger partial charge in [-0.2, -0.15) is 5.10 Å². The molecule has 1 saturated heterocycles. The van der Waals surface area contributed by atoms with Gasteiger partial charge in [0.1, 0.15) is 12.7 Å². The molecule has 0 unspecified atom stereocenters. The highest BCUT2D eigenvalue weighted by atomic mass is 16.5. The lowest BCUT2D eigenvalue weighted by Crippen LogP contribution is -2.51. The molecule has 2 atom stereocenters. The van der Waals surface area contributed by atoms with Gasteiger partial charge in [-0.3, -0.25) is 4.90 Å². The lowest BCUT2D eigenvalue weighted by atomic mass is 9.97. The van der Waals surface area contributed by atoms with Gasteiger partial charge in [-0.05, 0) is 42.5 Å². The SMILES string of the molecule is CO[C@H]1CN(Cc2cc(Cn3cncn3)c(C)cc2C)CC[C@H]1N. The van der Waals surface area contributed by atoms with E-state index in [1.54, 1.807) is 19.8 Å². The third-order valence-corrected chi connectivity index (χ3v) is 4.98. The molecule has 6 heteroatoms. The zero-order valence-electron chi connectivity index (χ0n) is 14.8. The van der Waals surface area contributed by atoms with E-state index in [1.807, 2.05) is 4.68 Å². The minimum absolute atomic E-state index is 0.124. The summed E-state index contributed by atoms with van der Waals surface area (Å²) in [6, 6.07) is 4.72. The number of ether oxygens (including phenoxy) is 1. The molecule has 0 bridgehead atoms. The summed E-state index contributed by atoms with van der Waals surface area (Å²) in [5.74, 6) is 0. The molecule has 1 aliphatic heterocycles. The number of benzene rings is 1. The molecule has 1 aromatic carbocycles. The molecule has 0 saturated carbocycles. The molecule has 2 heterocycles. The second-order valence-corrected chi connectivity index (χ2v) is 6.76. The number of methoxy groups -OCH3 is 1. The van der Waals surface area contributed by atoms with E-state index in [0.29, 0.717) is 0 Å². The molecule has 130 valence electrons. The summed E-state index contributed by atoms with van der Waals surface area (Å²) in [5.41, 5.74) is 11.4. The molecule has 0 amide bonds. The Labute approximate surface area is 143 Å². The summed E-state index contributed by atoms with van der Waals surface area (Å²) in [6.07, 6.45) is 4.44. The Morgan fingerprint density at radius 2 is 1.96 bits per heavy atom. The van der Waals surface area contributed by atoms with Gasteiger partial charge in [-0.25, -0.2) is 9.67 Å². The Bertz CT molecular complexity index is 670. The molecular weight excluding hydrogens is 302 g/mol. The van der Waals surface area contributed by atoms with Crippen molar-refractivity contribution < 1.29 is 4.74 Å². The summed E-state index contributed by atoms with van der Waals surface area (Å²) < 4.78 is 7.39. The average molecular weight is 329 g/mol. The van der Waals surface area contributed by atoms with Crippen molar-refractivity contribution in [3.8, 4) is 0 Å². The topological polar surface area (TPSA) is 69.2 Å². The number of rotatable bonds is 5. The van der Waals surface area contributed by atoms with Crippen molar-refractivity contribution in [1.82, 2.24) is 19.7 Å². The summed E-state index contributed by atoms with van der Waals surface area (Å²) in [7, 11) is 1.75. The maximum absolute atomic E-state index is 6.13. The van der Waals surface area contributed by atoms with Crippen LogP contribution in [0.4, 0.5) is 0 Å². The highest BCUT2D eigenvalue weighted by molar-refractivity contribution is 5.37. The zero-order chi connectivity index (χ0) is 17.1. The quantitative estimate of drug-likeness (QED) is 0.900. The lowest BCUT2D eigenvalue weighted by Gasteiger charge is -2.36. The van der Waals surface area contributed by atoms with E-state index in [2.05, 4.69) is 41.0 Å². The van der Waals surface area contributed by atoms with Gasteiger partial charge in [0.15, 0.2) is 0 Å². The number of hydrogen-bond donors (Lipinski definition) is 1. The maximum atomic E-state index is 6.13. The van der Waals surface area contributed by atoms with Crippen LogP contribution in [0.15, 0.2) is 24.8 Å². The van der Waals surface area contributed by atoms with E-state index in [9.17, 15) is 0 Å². The molecule has 6 nitrogen and oxygen atoms in total. The van der Waals surface area contributed by atoms with Gasteiger partial charge in [0.2, 0.25) is 0 Å². The molecule has 0 radical (unpaired) electrons. The number of aromatic nitrogens is 3. The fourth-order valence-corrected chi connectivity index (χ4v) is 3.41. The maximum Gasteiger partial charge on any atom is 0.137 e. The Morgan fingerprint density at radius 3 is 2.62 bits per heavy atom. The number of aryl methyl sites for hydroxylation is 2. The van der Waals surface area contributed by atoms with Crippen molar-refractivity contribution in [2.75, 3.05) is 20.2 Å². The number of hydrogen-bond acceptors (Lipinski definition) is 5. The smallest absolute Gasteiger partial charge is 0.137 e. The average Bonchev–Trinajstić information content (AvgIpc) is 3.06. The first-order valence-electron chi connectivity index (χ1n) is 8.49. The van der Waals surface area contributed by atoms with Gasteiger partial charge < -0.3 is 10.5 Å². The van der Waals surface area contributed by atoms with Crippen LogP contribution in [0.3, 0.4) is 0 Å². The highest BCUT2D eigenvalue weighted by Crippen LogP contribution is 2.21. The number of nitrogens with two attached hydrogens (primary N) is 1. The molecule has 24 heavy (non-hydrogen) atoms. The van der Waals surface area contributed by atoms with Crippen LogP contribution >= 0.6 is 0 Å². The standard InChI is InChI=1S/C18H27N5O/c1-13-6-14(2)16(9-23-12-20-11-21-23)7-15(13)8-22-5-4-17(19)18(10-22)24-3/h6-7,11-12,17-18H,4-5,8-10,19H2,1-3H3/t17-,18+/m1/s1. The molecule has 1 fully saturated rings. The van der Waals surface area contributed by atoms with Crippen molar-refractivity contribution in [3.63, 3.8) is 0 Å². The van der Waals surface area contributed by atoms with Crippen molar-refractivity contribution >= 4 is 0 Å². The van der Waals surface area contributed by atoms with E-state index in [1.165, 1.54) is 22.3 Å². The first kappa shape index (κ1) is 17.1. The molecule has 2 aromatic rings. The second-order valence-electron chi connectivity index (χ2n) is 6.76. The molecule has 3 rings (SSSR count). The van der Waals surface area contributed by atoms with Gasteiger partial charge in [-0.15, -0.1) is 0 Å². The predicted octanol–water partition coefficient (Wildman–Crippen LogP) is 1.49. The molecule has 2 N–H and O–H groups in total. The van der Waals surface area contributed by atoms with Crippen LogP contribution in [-0.4, -0.2) is 52.0 Å². The number of piperidine rings is 1. The van der Waals surface area contributed by atoms with Gasteiger partial charge in [0.25, 0.3) is 0 Å². The molecule has 0 spiro atoms. The van der Waals surface area contributed by atoms with Gasteiger partial charge in [0, 0.05) is 32.8 Å². The zero-order valence-corrected chi connectivity index (χ0v) is 14.8. The number of likely N-dealkylation sites (tertiary alicyclic amines) is 1. The molecule has 0 aliphatic carbocycles. The van der Waals surface area contributed by atoms with E-state index >= 15 is 0 Å². The van der Waals surface area contributed by atoms with Crippen LogP contribution in [0.1, 0.15) is 28.7 Å². The van der Waals surface area contributed by atoms with Crippen LogP contribution in [0.25, 0.3) is 0 Å². The van der Waals surface area contributed by atoms with Gasteiger partial charge in [0.05, 0.1) is 12.6 Å². The molecular formula is C18H27N5O. The normalized spacial score (nSPS) is 22.0. The minimum Gasteiger partial charge on any atom is -0.379 e. The van der Waals surface area contributed by atoms with Crippen LogP contribution < -0.4 is 5.73 Å². The third kappa shape index (κ3) is 3.83. The molecule has 1 aliphatic rings. The van der Waals surface area contributed by atoms with Crippen LogP contribution in [0.5, 0.6) is 0 Å².